The molecular formula is C25H39ClN4O2. The molecule has 2 atom stereocenters. The van der Waals surface area contributed by atoms with E-state index in [-0.39, 0.29) is 18.0 Å². The lowest BCUT2D eigenvalue weighted by Crippen LogP contribution is -2.58. The van der Waals surface area contributed by atoms with Crippen molar-refractivity contribution in [3.8, 4) is 0 Å². The Balaban J connectivity index is 1.72. The fourth-order valence-electron chi connectivity index (χ4n) is 4.58. The zero-order chi connectivity index (χ0) is 22.9. The molecule has 0 unspecified atom stereocenters. The maximum Gasteiger partial charge on any atom is 0.241 e. The van der Waals surface area contributed by atoms with Crippen LogP contribution in [0.5, 0.6) is 0 Å². The van der Waals surface area contributed by atoms with Crippen LogP contribution in [0.4, 0.5) is 0 Å². The summed E-state index contributed by atoms with van der Waals surface area (Å²) in [6.07, 6.45) is 12.0. The summed E-state index contributed by atoms with van der Waals surface area (Å²) < 4.78 is 5.29. The van der Waals surface area contributed by atoms with E-state index < -0.39 is 0 Å². The average Bonchev–Trinajstić information content (AvgIpc) is 3.67. The van der Waals surface area contributed by atoms with Gasteiger partial charge in [-0.2, -0.15) is 0 Å². The minimum absolute atomic E-state index is 0.0435. The summed E-state index contributed by atoms with van der Waals surface area (Å²) in [4.78, 5) is 17.9. The zero-order valence-electron chi connectivity index (χ0n) is 19.6. The van der Waals surface area contributed by atoms with Crippen LogP contribution in [0.2, 0.25) is 0 Å². The Morgan fingerprint density at radius 3 is 2.81 bits per heavy atom. The van der Waals surface area contributed by atoms with E-state index in [2.05, 4.69) is 59.1 Å². The first-order chi connectivity index (χ1) is 15.6. The molecule has 2 aliphatic carbocycles. The van der Waals surface area contributed by atoms with Crippen LogP contribution in [-0.4, -0.2) is 79.0 Å². The number of hydrogen-bond donors (Lipinski definition) is 2. The molecule has 0 aromatic rings. The number of allylic oxidation sites excluding steroid dienone is 3. The minimum atomic E-state index is -0.136. The van der Waals surface area contributed by atoms with Crippen LogP contribution in [-0.2, 0) is 9.53 Å². The van der Waals surface area contributed by atoms with Crippen LogP contribution in [0.15, 0.2) is 47.9 Å². The Morgan fingerprint density at radius 1 is 1.38 bits per heavy atom. The number of alkyl halides is 1. The van der Waals surface area contributed by atoms with Crippen molar-refractivity contribution in [3.05, 3.63) is 47.9 Å². The van der Waals surface area contributed by atoms with E-state index in [1.54, 1.807) is 0 Å². The third-order valence-corrected chi connectivity index (χ3v) is 6.82. The van der Waals surface area contributed by atoms with Gasteiger partial charge in [0, 0.05) is 56.8 Å². The van der Waals surface area contributed by atoms with E-state index in [0.717, 1.165) is 57.4 Å². The van der Waals surface area contributed by atoms with E-state index >= 15 is 0 Å². The molecule has 1 saturated heterocycles. The maximum atomic E-state index is 13.4. The molecule has 178 valence electrons. The van der Waals surface area contributed by atoms with Gasteiger partial charge in [0.05, 0.1) is 25.0 Å². The summed E-state index contributed by atoms with van der Waals surface area (Å²) in [7, 11) is 0. The molecule has 7 heteroatoms. The smallest absolute Gasteiger partial charge is 0.241 e. The molecule has 3 rings (SSSR count). The van der Waals surface area contributed by atoms with Gasteiger partial charge < -0.3 is 25.2 Å². The standard InChI is InChI=1S/C25H39ClN4O2/c1-4-29(15-6-16-32-5-2)24-12-9-20(7-8-21(24)17-26)19(3)30(22-10-11-22)25(31)23-18-27-13-14-28-23/h5,7-9,19,22-23,27-28H,2,4,6,10-18H2,1,3H3/t19-,23-/m1/s1. The third kappa shape index (κ3) is 6.40. The van der Waals surface area contributed by atoms with E-state index in [0.29, 0.717) is 25.1 Å². The average molecular weight is 463 g/mol. The number of rotatable bonds is 12. The first kappa shape index (κ1) is 24.9. The van der Waals surface area contributed by atoms with Crippen molar-refractivity contribution in [1.29, 1.82) is 0 Å². The maximum absolute atomic E-state index is 13.4. The van der Waals surface area contributed by atoms with Gasteiger partial charge in [-0.3, -0.25) is 4.79 Å². The van der Waals surface area contributed by atoms with Crippen LogP contribution < -0.4 is 10.6 Å². The van der Waals surface area contributed by atoms with Gasteiger partial charge >= 0.3 is 0 Å². The molecule has 2 fully saturated rings. The molecule has 2 N–H and O–H groups in total. The monoisotopic (exact) mass is 462 g/mol. The fraction of sp³-hybridized carbons (Fsp3) is 0.640. The fourth-order valence-corrected chi connectivity index (χ4v) is 4.83. The molecule has 0 spiro atoms. The van der Waals surface area contributed by atoms with Gasteiger partial charge in [0.2, 0.25) is 5.91 Å². The molecule has 0 aromatic heterocycles. The van der Waals surface area contributed by atoms with Crippen molar-refractivity contribution in [2.45, 2.75) is 57.7 Å². The van der Waals surface area contributed by atoms with Gasteiger partial charge in [-0.25, -0.2) is 0 Å². The second-order valence-electron chi connectivity index (χ2n) is 8.68. The van der Waals surface area contributed by atoms with Gasteiger partial charge in [0.1, 0.15) is 0 Å². The third-order valence-electron chi connectivity index (χ3n) is 6.53. The highest BCUT2D eigenvalue weighted by Crippen LogP contribution is 2.33. The largest absolute Gasteiger partial charge is 0.502 e. The molecule has 1 heterocycles. The number of carbonyl (C=O) groups excluding carboxylic acids is 1. The minimum Gasteiger partial charge on any atom is -0.502 e. The van der Waals surface area contributed by atoms with Crippen LogP contribution in [0.3, 0.4) is 0 Å². The molecule has 1 saturated carbocycles. The quantitative estimate of drug-likeness (QED) is 0.265. The summed E-state index contributed by atoms with van der Waals surface area (Å²) >= 11 is 6.36. The van der Waals surface area contributed by atoms with Gasteiger partial charge in [0.15, 0.2) is 0 Å². The Labute approximate surface area is 198 Å². The highest BCUT2D eigenvalue weighted by atomic mass is 35.5. The zero-order valence-corrected chi connectivity index (χ0v) is 20.4. The number of nitrogens with zero attached hydrogens (tertiary/aromatic N) is 2. The van der Waals surface area contributed by atoms with E-state index in [9.17, 15) is 4.79 Å². The Kier molecular flexibility index (Phi) is 9.69. The van der Waals surface area contributed by atoms with Crippen molar-refractivity contribution in [2.24, 2.45) is 0 Å². The molecular weight excluding hydrogens is 424 g/mol. The second kappa shape index (κ2) is 12.5. The Bertz CT molecular complexity index is 738. The summed E-state index contributed by atoms with van der Waals surface area (Å²) in [6, 6.07) is 0.264. The molecule has 32 heavy (non-hydrogen) atoms. The van der Waals surface area contributed by atoms with Crippen molar-refractivity contribution >= 4 is 17.5 Å². The number of amides is 1. The number of carbonyl (C=O) groups is 1. The lowest BCUT2D eigenvalue weighted by Gasteiger charge is -2.35. The topological polar surface area (TPSA) is 56.8 Å². The van der Waals surface area contributed by atoms with Crippen molar-refractivity contribution in [1.82, 2.24) is 20.4 Å². The van der Waals surface area contributed by atoms with E-state index in [4.69, 9.17) is 16.3 Å². The molecule has 3 aliphatic rings. The first-order valence-electron chi connectivity index (χ1n) is 12.0. The molecule has 0 radical (unpaired) electrons. The Hall–Kier alpha value is -1.76. The van der Waals surface area contributed by atoms with Gasteiger partial charge in [-0.15, -0.1) is 11.6 Å². The van der Waals surface area contributed by atoms with Crippen molar-refractivity contribution in [2.75, 3.05) is 45.2 Å². The molecule has 0 bridgehead atoms. The Morgan fingerprint density at radius 2 is 2.19 bits per heavy atom. The lowest BCUT2D eigenvalue weighted by atomic mass is 10.0. The number of hydrogen-bond acceptors (Lipinski definition) is 5. The van der Waals surface area contributed by atoms with Crippen molar-refractivity contribution < 1.29 is 9.53 Å². The normalized spacial score (nSPS) is 22.1. The molecule has 1 aliphatic heterocycles. The summed E-state index contributed by atoms with van der Waals surface area (Å²) in [5.74, 6) is 0.693. The SMILES string of the molecule is C=COCCCN(CC)C1=C(CCl)C=CC([C@@H](C)N(C(=O)[C@H]2CNCCN2)C2CC2)=CC1. The number of ether oxygens (including phenoxy) is 1. The van der Waals surface area contributed by atoms with Gasteiger partial charge in [0.25, 0.3) is 0 Å². The van der Waals surface area contributed by atoms with Crippen LogP contribution in [0, 0.1) is 0 Å². The summed E-state index contributed by atoms with van der Waals surface area (Å²) in [6.45, 7) is 12.9. The summed E-state index contributed by atoms with van der Waals surface area (Å²) in [5.41, 5.74) is 3.61. The predicted molar refractivity (Wildman–Crippen MR) is 132 cm³/mol. The molecule has 6 nitrogen and oxygen atoms in total. The van der Waals surface area contributed by atoms with Crippen LogP contribution in [0.25, 0.3) is 0 Å². The van der Waals surface area contributed by atoms with Gasteiger partial charge in [-0.1, -0.05) is 24.8 Å². The van der Waals surface area contributed by atoms with Crippen LogP contribution in [0.1, 0.15) is 39.5 Å². The van der Waals surface area contributed by atoms with Crippen molar-refractivity contribution in [3.63, 3.8) is 0 Å². The predicted octanol–water partition coefficient (Wildman–Crippen LogP) is 3.18. The van der Waals surface area contributed by atoms with E-state index in [1.165, 1.54) is 17.5 Å². The first-order valence-corrected chi connectivity index (χ1v) is 12.5. The highest BCUT2D eigenvalue weighted by Gasteiger charge is 2.39. The van der Waals surface area contributed by atoms with Gasteiger partial charge in [-0.05, 0) is 44.3 Å². The summed E-state index contributed by atoms with van der Waals surface area (Å²) in [5, 5.41) is 6.73. The number of piperazine rings is 1. The number of nitrogens with one attached hydrogen (secondary N) is 2. The molecule has 1 amide bonds. The lowest BCUT2D eigenvalue weighted by molar-refractivity contribution is -0.135. The number of halogens is 1. The highest BCUT2D eigenvalue weighted by molar-refractivity contribution is 6.19. The van der Waals surface area contributed by atoms with E-state index in [1.807, 2.05) is 0 Å². The second-order valence-corrected chi connectivity index (χ2v) is 8.95. The molecule has 0 aromatic carbocycles. The van der Waals surface area contributed by atoms with Crippen LogP contribution >= 0.6 is 11.6 Å².